The van der Waals surface area contributed by atoms with E-state index >= 15 is 0 Å². The average molecular weight is 335 g/mol. The third-order valence-electron chi connectivity index (χ3n) is 4.69. The Kier molecular flexibility index (Phi) is 4.15. The summed E-state index contributed by atoms with van der Waals surface area (Å²) in [7, 11) is 1.76. The molecule has 22 heavy (non-hydrogen) atoms. The molecule has 0 saturated carbocycles. The maximum atomic E-state index is 5.20. The van der Waals surface area contributed by atoms with Gasteiger partial charge in [0.2, 0.25) is 0 Å². The van der Waals surface area contributed by atoms with Crippen molar-refractivity contribution < 1.29 is 4.74 Å². The van der Waals surface area contributed by atoms with E-state index in [1.807, 2.05) is 0 Å². The number of ether oxygens (including phenoxy) is 1. The van der Waals surface area contributed by atoms with Gasteiger partial charge in [0.25, 0.3) is 0 Å². The molecule has 0 bridgehead atoms. The van der Waals surface area contributed by atoms with E-state index in [4.69, 9.17) is 4.74 Å². The standard InChI is InChI=1S/C17H22N2OS2/c1-20-9-8-18-14-6-7-17(21-10-11-22-17)16-15(14)12-4-2-3-5-13(12)19-16/h2-5,14,18-19H,6-11H2,1H3/t14-/m1/s1. The summed E-state index contributed by atoms with van der Waals surface area (Å²) in [4.78, 5) is 3.76. The van der Waals surface area contributed by atoms with Crippen LogP contribution in [-0.2, 0) is 8.82 Å². The van der Waals surface area contributed by atoms with E-state index in [0.717, 1.165) is 13.2 Å². The molecule has 0 radical (unpaired) electrons. The number of benzene rings is 1. The second-order valence-electron chi connectivity index (χ2n) is 5.95. The second kappa shape index (κ2) is 6.11. The van der Waals surface area contributed by atoms with Gasteiger partial charge in [-0.1, -0.05) is 18.2 Å². The number of rotatable bonds is 4. The molecule has 1 aliphatic carbocycles. The molecule has 1 aromatic heterocycles. The molecule has 1 aliphatic heterocycles. The van der Waals surface area contributed by atoms with Gasteiger partial charge < -0.3 is 15.0 Å². The van der Waals surface area contributed by atoms with Crippen molar-refractivity contribution in [2.24, 2.45) is 0 Å². The molecule has 2 aromatic rings. The fourth-order valence-corrected chi connectivity index (χ4v) is 7.01. The summed E-state index contributed by atoms with van der Waals surface area (Å²) in [5.74, 6) is 2.53. The van der Waals surface area contributed by atoms with Crippen molar-refractivity contribution >= 4 is 34.4 Å². The van der Waals surface area contributed by atoms with Crippen LogP contribution in [0.3, 0.4) is 0 Å². The highest BCUT2D eigenvalue weighted by molar-refractivity contribution is 8.20. The Labute approximate surface area is 140 Å². The van der Waals surface area contributed by atoms with Crippen molar-refractivity contribution in [3.05, 3.63) is 35.5 Å². The van der Waals surface area contributed by atoms with E-state index in [-0.39, 0.29) is 4.08 Å². The molecule has 4 rings (SSSR count). The third-order valence-corrected chi connectivity index (χ3v) is 8.22. The van der Waals surface area contributed by atoms with Crippen molar-refractivity contribution in [3.8, 4) is 0 Å². The van der Waals surface area contributed by atoms with Gasteiger partial charge in [-0.15, -0.1) is 23.5 Å². The Bertz CT molecular complexity index is 664. The molecule has 1 spiro atoms. The van der Waals surface area contributed by atoms with Gasteiger partial charge in [-0.3, -0.25) is 0 Å². The Morgan fingerprint density at radius 2 is 2.14 bits per heavy atom. The first kappa shape index (κ1) is 14.9. The van der Waals surface area contributed by atoms with E-state index in [9.17, 15) is 0 Å². The van der Waals surface area contributed by atoms with E-state index < -0.39 is 0 Å². The van der Waals surface area contributed by atoms with Crippen LogP contribution < -0.4 is 5.32 Å². The number of methoxy groups -OCH3 is 1. The number of aromatic amines is 1. The van der Waals surface area contributed by atoms with Gasteiger partial charge in [0.15, 0.2) is 0 Å². The maximum Gasteiger partial charge on any atom is 0.101 e. The van der Waals surface area contributed by atoms with E-state index in [0.29, 0.717) is 6.04 Å². The van der Waals surface area contributed by atoms with Crippen molar-refractivity contribution in [1.82, 2.24) is 10.3 Å². The zero-order valence-corrected chi connectivity index (χ0v) is 14.5. The fourth-order valence-electron chi connectivity index (χ4n) is 3.71. The molecular weight excluding hydrogens is 312 g/mol. The van der Waals surface area contributed by atoms with Gasteiger partial charge in [0.1, 0.15) is 4.08 Å². The third kappa shape index (κ3) is 2.39. The van der Waals surface area contributed by atoms with Crippen LogP contribution in [0.15, 0.2) is 24.3 Å². The van der Waals surface area contributed by atoms with Crippen molar-refractivity contribution in [2.75, 3.05) is 31.8 Å². The molecule has 1 aromatic carbocycles. The molecule has 1 atom stereocenters. The summed E-state index contributed by atoms with van der Waals surface area (Å²) in [5.41, 5.74) is 4.24. The van der Waals surface area contributed by atoms with Gasteiger partial charge in [0, 0.05) is 47.8 Å². The van der Waals surface area contributed by atoms with Gasteiger partial charge in [0.05, 0.1) is 6.61 Å². The second-order valence-corrected chi connectivity index (χ2v) is 8.99. The number of para-hydroxylation sites is 1. The van der Waals surface area contributed by atoms with Gasteiger partial charge in [-0.05, 0) is 24.5 Å². The highest BCUT2D eigenvalue weighted by Gasteiger charge is 2.45. The van der Waals surface area contributed by atoms with Gasteiger partial charge in [-0.25, -0.2) is 0 Å². The molecule has 2 N–H and O–H groups in total. The molecule has 0 amide bonds. The molecule has 3 nitrogen and oxygen atoms in total. The van der Waals surface area contributed by atoms with E-state index in [1.54, 1.807) is 7.11 Å². The maximum absolute atomic E-state index is 5.20. The minimum atomic E-state index is 0.258. The molecule has 2 aliphatic rings. The van der Waals surface area contributed by atoms with Crippen molar-refractivity contribution in [3.63, 3.8) is 0 Å². The van der Waals surface area contributed by atoms with Crippen LogP contribution >= 0.6 is 23.5 Å². The lowest BCUT2D eigenvalue weighted by atomic mass is 9.90. The lowest BCUT2D eigenvalue weighted by Gasteiger charge is -2.36. The minimum absolute atomic E-state index is 0.258. The molecule has 1 saturated heterocycles. The fraction of sp³-hybridized carbons (Fsp3) is 0.529. The number of aromatic nitrogens is 1. The SMILES string of the molecule is COCCN[C@@H]1CCC2(SCCS2)c2[nH]c3ccccc3c21. The van der Waals surface area contributed by atoms with Crippen LogP contribution in [0.1, 0.15) is 30.1 Å². The minimum Gasteiger partial charge on any atom is -0.383 e. The summed E-state index contributed by atoms with van der Waals surface area (Å²) >= 11 is 4.27. The average Bonchev–Trinajstić information content (AvgIpc) is 3.16. The lowest BCUT2D eigenvalue weighted by molar-refractivity contribution is 0.194. The summed E-state index contributed by atoms with van der Waals surface area (Å²) in [6.45, 7) is 1.68. The highest BCUT2D eigenvalue weighted by Crippen LogP contribution is 2.60. The lowest BCUT2D eigenvalue weighted by Crippen LogP contribution is -2.33. The summed E-state index contributed by atoms with van der Waals surface area (Å²) < 4.78 is 5.46. The van der Waals surface area contributed by atoms with Crippen LogP contribution in [0.5, 0.6) is 0 Å². The molecular formula is C17H22N2OS2. The highest BCUT2D eigenvalue weighted by atomic mass is 32.2. The van der Waals surface area contributed by atoms with Crippen molar-refractivity contribution in [2.45, 2.75) is 23.0 Å². The van der Waals surface area contributed by atoms with Crippen LogP contribution in [0, 0.1) is 0 Å². The first-order valence-corrected chi connectivity index (χ1v) is 9.92. The normalized spacial score (nSPS) is 23.2. The summed E-state index contributed by atoms with van der Waals surface area (Å²) in [6, 6.07) is 9.18. The van der Waals surface area contributed by atoms with Crippen molar-refractivity contribution in [1.29, 1.82) is 0 Å². The Morgan fingerprint density at radius 3 is 2.95 bits per heavy atom. The number of nitrogens with one attached hydrogen (secondary N) is 2. The molecule has 1 fully saturated rings. The van der Waals surface area contributed by atoms with E-state index in [2.05, 4.69) is 58.1 Å². The monoisotopic (exact) mass is 334 g/mol. The molecule has 0 unspecified atom stereocenters. The number of hydrogen-bond acceptors (Lipinski definition) is 4. The van der Waals surface area contributed by atoms with Crippen LogP contribution in [0.4, 0.5) is 0 Å². The zero-order valence-electron chi connectivity index (χ0n) is 12.9. The predicted molar refractivity (Wildman–Crippen MR) is 96.7 cm³/mol. The Balaban J connectivity index is 1.78. The summed E-state index contributed by atoms with van der Waals surface area (Å²) in [5, 5.41) is 5.09. The number of fused-ring (bicyclic) bond motifs is 4. The number of H-pyrrole nitrogens is 1. The molecule has 2 heterocycles. The first-order valence-electron chi connectivity index (χ1n) is 7.95. The topological polar surface area (TPSA) is 37.0 Å². The van der Waals surface area contributed by atoms with Gasteiger partial charge >= 0.3 is 0 Å². The van der Waals surface area contributed by atoms with Crippen LogP contribution in [0.25, 0.3) is 10.9 Å². The smallest absolute Gasteiger partial charge is 0.101 e. The van der Waals surface area contributed by atoms with Crippen LogP contribution in [-0.4, -0.2) is 36.8 Å². The summed E-state index contributed by atoms with van der Waals surface area (Å²) in [6.07, 6.45) is 2.45. The quantitative estimate of drug-likeness (QED) is 0.832. The largest absolute Gasteiger partial charge is 0.383 e. The van der Waals surface area contributed by atoms with Crippen LogP contribution in [0.2, 0.25) is 0 Å². The number of hydrogen-bond donors (Lipinski definition) is 2. The first-order chi connectivity index (χ1) is 10.8. The molecule has 118 valence electrons. The molecule has 5 heteroatoms. The zero-order chi connectivity index (χ0) is 15.0. The predicted octanol–water partition coefficient (Wildman–Crippen LogP) is 3.87. The van der Waals surface area contributed by atoms with E-state index in [1.165, 1.54) is 46.5 Å². The Morgan fingerprint density at radius 1 is 1.32 bits per heavy atom. The Hall–Kier alpha value is -0.620. The van der Waals surface area contributed by atoms with Gasteiger partial charge in [-0.2, -0.15) is 0 Å². The number of thioether (sulfide) groups is 2.